The van der Waals surface area contributed by atoms with Gasteiger partial charge in [-0.1, -0.05) is 48.0 Å². The van der Waals surface area contributed by atoms with Gasteiger partial charge in [-0.05, 0) is 30.8 Å². The standard InChI is InChI=1S/C15H13F2NS/c1-11-7-9-13(10-8-11)18-14(19-15(16)17)12-5-3-2-4-6-12/h2-10,15H,1H3. The van der Waals surface area contributed by atoms with E-state index in [0.717, 1.165) is 5.56 Å². The SMILES string of the molecule is Cc1ccc(N=C(SC(F)F)c2ccccc2)cc1. The van der Waals surface area contributed by atoms with Gasteiger partial charge in [0, 0.05) is 5.56 Å². The van der Waals surface area contributed by atoms with Gasteiger partial charge in [0.15, 0.2) is 0 Å². The summed E-state index contributed by atoms with van der Waals surface area (Å²) in [5.41, 5.74) is 2.49. The van der Waals surface area contributed by atoms with Crippen molar-refractivity contribution in [3.05, 3.63) is 65.7 Å². The summed E-state index contributed by atoms with van der Waals surface area (Å²) in [6.07, 6.45) is 0. The molecule has 2 rings (SSSR count). The van der Waals surface area contributed by atoms with Gasteiger partial charge in [-0.15, -0.1) is 0 Å². The Morgan fingerprint density at radius 1 is 1.00 bits per heavy atom. The van der Waals surface area contributed by atoms with Crippen LogP contribution < -0.4 is 0 Å². The lowest BCUT2D eigenvalue weighted by Gasteiger charge is -2.06. The van der Waals surface area contributed by atoms with Crippen molar-refractivity contribution in [3.8, 4) is 0 Å². The zero-order valence-corrected chi connectivity index (χ0v) is 11.2. The average Bonchev–Trinajstić information content (AvgIpc) is 2.41. The summed E-state index contributed by atoms with van der Waals surface area (Å²) >= 11 is 0.468. The van der Waals surface area contributed by atoms with Crippen molar-refractivity contribution in [3.63, 3.8) is 0 Å². The fourth-order valence-electron chi connectivity index (χ4n) is 1.56. The van der Waals surface area contributed by atoms with Crippen LogP contribution in [0.4, 0.5) is 14.5 Å². The molecular weight excluding hydrogens is 264 g/mol. The van der Waals surface area contributed by atoms with Crippen LogP contribution in [0, 0.1) is 6.92 Å². The molecule has 4 heteroatoms. The molecule has 2 aromatic carbocycles. The maximum absolute atomic E-state index is 12.6. The first-order chi connectivity index (χ1) is 9.15. The molecule has 0 heterocycles. The van der Waals surface area contributed by atoms with E-state index in [-0.39, 0.29) is 0 Å². The molecule has 0 unspecified atom stereocenters. The van der Waals surface area contributed by atoms with Gasteiger partial charge in [0.1, 0.15) is 5.04 Å². The smallest absolute Gasteiger partial charge is 0.241 e. The molecule has 0 atom stereocenters. The van der Waals surface area contributed by atoms with Crippen molar-refractivity contribution in [1.29, 1.82) is 0 Å². The lowest BCUT2D eigenvalue weighted by atomic mass is 10.2. The minimum Gasteiger partial charge on any atom is -0.241 e. The molecular formula is C15H13F2NS. The minimum absolute atomic E-state index is 0.333. The van der Waals surface area contributed by atoms with Crippen molar-refractivity contribution < 1.29 is 8.78 Å². The maximum Gasteiger partial charge on any atom is 0.290 e. The molecule has 0 radical (unpaired) electrons. The number of hydrogen-bond acceptors (Lipinski definition) is 2. The van der Waals surface area contributed by atoms with Crippen molar-refractivity contribution >= 4 is 22.5 Å². The fourth-order valence-corrected chi connectivity index (χ4v) is 2.16. The number of halogens is 2. The highest BCUT2D eigenvalue weighted by Gasteiger charge is 2.12. The highest BCUT2D eigenvalue weighted by Crippen LogP contribution is 2.24. The first-order valence-electron chi connectivity index (χ1n) is 5.81. The third-order valence-corrected chi connectivity index (χ3v) is 3.21. The van der Waals surface area contributed by atoms with Crippen molar-refractivity contribution in [2.45, 2.75) is 12.7 Å². The third kappa shape index (κ3) is 4.17. The molecule has 2 aromatic rings. The quantitative estimate of drug-likeness (QED) is 0.566. The molecule has 0 bridgehead atoms. The number of benzene rings is 2. The first kappa shape index (κ1) is 13.7. The first-order valence-corrected chi connectivity index (χ1v) is 6.69. The molecule has 0 aliphatic rings. The van der Waals surface area contributed by atoms with Crippen molar-refractivity contribution in [2.24, 2.45) is 4.99 Å². The van der Waals surface area contributed by atoms with E-state index in [9.17, 15) is 8.78 Å². The van der Waals surface area contributed by atoms with E-state index in [1.807, 2.05) is 49.4 Å². The van der Waals surface area contributed by atoms with E-state index in [1.54, 1.807) is 12.1 Å². The number of aryl methyl sites for hydroxylation is 1. The molecule has 0 fully saturated rings. The molecule has 0 amide bonds. The second-order valence-electron chi connectivity index (χ2n) is 4.00. The van der Waals surface area contributed by atoms with Gasteiger partial charge < -0.3 is 0 Å². The number of aliphatic imine (C=N–C) groups is 1. The van der Waals surface area contributed by atoms with E-state index < -0.39 is 5.76 Å². The highest BCUT2D eigenvalue weighted by atomic mass is 32.2. The van der Waals surface area contributed by atoms with E-state index in [4.69, 9.17) is 0 Å². The fraction of sp³-hybridized carbons (Fsp3) is 0.133. The van der Waals surface area contributed by atoms with Gasteiger partial charge in [0.05, 0.1) is 5.69 Å². The minimum atomic E-state index is -2.48. The highest BCUT2D eigenvalue weighted by molar-refractivity contribution is 8.14. The van der Waals surface area contributed by atoms with Crippen LogP contribution in [0.5, 0.6) is 0 Å². The van der Waals surface area contributed by atoms with Gasteiger partial charge >= 0.3 is 0 Å². The van der Waals surface area contributed by atoms with E-state index in [2.05, 4.69) is 4.99 Å². The number of rotatable bonds is 3. The zero-order valence-electron chi connectivity index (χ0n) is 10.4. The van der Waals surface area contributed by atoms with Gasteiger partial charge in [-0.3, -0.25) is 0 Å². The summed E-state index contributed by atoms with van der Waals surface area (Å²) in [4.78, 5) is 4.31. The molecule has 0 aliphatic heterocycles. The Balaban J connectivity index is 2.35. The average molecular weight is 277 g/mol. The number of nitrogens with zero attached hydrogens (tertiary/aromatic N) is 1. The van der Waals surface area contributed by atoms with Crippen LogP contribution in [-0.2, 0) is 0 Å². The van der Waals surface area contributed by atoms with E-state index in [0.29, 0.717) is 28.1 Å². The van der Waals surface area contributed by atoms with Gasteiger partial charge in [-0.2, -0.15) is 8.78 Å². The Morgan fingerprint density at radius 2 is 1.63 bits per heavy atom. The van der Waals surface area contributed by atoms with E-state index >= 15 is 0 Å². The van der Waals surface area contributed by atoms with Crippen molar-refractivity contribution in [1.82, 2.24) is 0 Å². The summed E-state index contributed by atoms with van der Waals surface area (Å²) in [5, 5.41) is 0.333. The van der Waals surface area contributed by atoms with E-state index in [1.165, 1.54) is 0 Å². The van der Waals surface area contributed by atoms with Crippen LogP contribution >= 0.6 is 11.8 Å². The van der Waals surface area contributed by atoms with Crippen molar-refractivity contribution in [2.75, 3.05) is 0 Å². The van der Waals surface area contributed by atoms with Gasteiger partial charge in [-0.25, -0.2) is 4.99 Å². The summed E-state index contributed by atoms with van der Waals surface area (Å²) < 4.78 is 25.2. The zero-order chi connectivity index (χ0) is 13.7. The molecule has 0 spiro atoms. The number of thioether (sulfide) groups is 1. The summed E-state index contributed by atoms with van der Waals surface area (Å²) in [7, 11) is 0. The Hall–Kier alpha value is -1.68. The molecule has 0 saturated carbocycles. The van der Waals surface area contributed by atoms with Crippen LogP contribution in [0.2, 0.25) is 0 Å². The number of alkyl halides is 2. The monoisotopic (exact) mass is 277 g/mol. The second kappa shape index (κ2) is 6.48. The summed E-state index contributed by atoms with van der Waals surface area (Å²) in [5.74, 6) is -2.48. The van der Waals surface area contributed by atoms with Crippen LogP contribution in [0.3, 0.4) is 0 Å². The normalized spacial score (nSPS) is 11.9. The lowest BCUT2D eigenvalue weighted by Crippen LogP contribution is -1.98. The third-order valence-electron chi connectivity index (χ3n) is 2.49. The van der Waals surface area contributed by atoms with Gasteiger partial charge in [0.2, 0.25) is 0 Å². The molecule has 0 saturated heterocycles. The Kier molecular flexibility index (Phi) is 4.68. The molecule has 0 aliphatic carbocycles. The number of hydrogen-bond donors (Lipinski definition) is 0. The van der Waals surface area contributed by atoms with Crippen LogP contribution in [0.1, 0.15) is 11.1 Å². The summed E-state index contributed by atoms with van der Waals surface area (Å²) in [6.45, 7) is 1.97. The molecule has 0 aromatic heterocycles. The predicted molar refractivity (Wildman–Crippen MR) is 77.4 cm³/mol. The van der Waals surface area contributed by atoms with Crippen LogP contribution in [0.15, 0.2) is 59.6 Å². The second-order valence-corrected chi connectivity index (χ2v) is 4.98. The molecule has 19 heavy (non-hydrogen) atoms. The van der Waals surface area contributed by atoms with Crippen LogP contribution in [-0.4, -0.2) is 10.8 Å². The molecule has 1 nitrogen and oxygen atoms in total. The van der Waals surface area contributed by atoms with Crippen LogP contribution in [0.25, 0.3) is 0 Å². The predicted octanol–water partition coefficient (Wildman–Crippen LogP) is 5.03. The molecule has 0 N–H and O–H groups in total. The summed E-state index contributed by atoms with van der Waals surface area (Å²) in [6, 6.07) is 16.5. The largest absolute Gasteiger partial charge is 0.290 e. The topological polar surface area (TPSA) is 12.4 Å². The maximum atomic E-state index is 12.6. The Bertz CT molecular complexity index is 550. The Labute approximate surface area is 115 Å². The Morgan fingerprint density at radius 3 is 2.21 bits per heavy atom. The lowest BCUT2D eigenvalue weighted by molar-refractivity contribution is 0.253. The molecule has 98 valence electrons. The van der Waals surface area contributed by atoms with Gasteiger partial charge in [0.25, 0.3) is 5.76 Å².